The number of hydrogen-bond donors (Lipinski definition) is 2. The lowest BCUT2D eigenvalue weighted by atomic mass is 9.79. The quantitative estimate of drug-likeness (QED) is 0.307. The molecule has 7 heteroatoms. The molecule has 1 aliphatic rings. The number of aliphatic hydroxyl groups excluding tert-OH is 1. The molecule has 2 N–H and O–H groups in total. The lowest BCUT2D eigenvalue weighted by Crippen LogP contribution is -2.41. The Bertz CT molecular complexity index is 1180. The zero-order chi connectivity index (χ0) is 26.9. The van der Waals surface area contributed by atoms with Crippen LogP contribution in [0.4, 0.5) is 0 Å². The Morgan fingerprint density at radius 2 is 1.82 bits per heavy atom. The number of hydrogen-bond acceptors (Lipinski definition) is 6. The number of carboxylic acid groups (broad SMARTS) is 1. The van der Waals surface area contributed by atoms with Crippen molar-refractivity contribution >= 4 is 16.9 Å². The molecule has 204 valence electrons. The third-order valence-electron chi connectivity index (χ3n) is 7.96. The molecule has 1 aliphatic heterocycles. The zero-order valence-electron chi connectivity index (χ0n) is 22.5. The topological polar surface area (TPSA) is 92.1 Å². The Hall–Kier alpha value is -3.16. The van der Waals surface area contributed by atoms with Crippen molar-refractivity contribution in [2.75, 3.05) is 33.9 Å². The molecule has 0 radical (unpaired) electrons. The summed E-state index contributed by atoms with van der Waals surface area (Å²) in [5.41, 5.74) is 3.01. The van der Waals surface area contributed by atoms with Gasteiger partial charge in [-0.15, -0.1) is 0 Å². The molecule has 0 saturated carbocycles. The van der Waals surface area contributed by atoms with Crippen LogP contribution in [-0.4, -0.2) is 59.9 Å². The van der Waals surface area contributed by atoms with Gasteiger partial charge in [-0.25, -0.2) is 0 Å². The van der Waals surface area contributed by atoms with Gasteiger partial charge in [0.05, 0.1) is 25.8 Å². The number of aliphatic hydroxyl groups is 1. The van der Waals surface area contributed by atoms with Crippen LogP contribution >= 0.6 is 0 Å². The molecule has 1 fully saturated rings. The van der Waals surface area contributed by atoms with E-state index in [0.29, 0.717) is 24.7 Å². The second-order valence-electron chi connectivity index (χ2n) is 10.4. The number of piperidine rings is 1. The van der Waals surface area contributed by atoms with Crippen LogP contribution in [0.3, 0.4) is 0 Å². The van der Waals surface area contributed by atoms with Gasteiger partial charge in [0, 0.05) is 24.5 Å². The van der Waals surface area contributed by atoms with E-state index in [2.05, 4.69) is 22.0 Å². The van der Waals surface area contributed by atoms with Gasteiger partial charge in [-0.1, -0.05) is 12.1 Å². The number of nitrogens with zero attached hydrogens (tertiary/aromatic N) is 2. The first-order valence-electron chi connectivity index (χ1n) is 13.6. The van der Waals surface area contributed by atoms with Crippen LogP contribution in [0.1, 0.15) is 55.8 Å². The number of pyridine rings is 1. The molecule has 7 nitrogen and oxygen atoms in total. The molecule has 0 amide bonds. The summed E-state index contributed by atoms with van der Waals surface area (Å²) in [6.07, 6.45) is 6.65. The number of likely N-dealkylation sites (tertiary alicyclic amines) is 1. The number of carbonyl (C=O) groups is 1. The fourth-order valence-corrected chi connectivity index (χ4v) is 5.77. The molecule has 38 heavy (non-hydrogen) atoms. The second kappa shape index (κ2) is 13.6. The third-order valence-corrected chi connectivity index (χ3v) is 7.96. The average molecular weight is 521 g/mol. The van der Waals surface area contributed by atoms with Crippen molar-refractivity contribution in [1.82, 2.24) is 9.88 Å². The van der Waals surface area contributed by atoms with Gasteiger partial charge < -0.3 is 24.6 Å². The summed E-state index contributed by atoms with van der Waals surface area (Å²) in [7, 11) is 3.31. The highest BCUT2D eigenvalue weighted by Crippen LogP contribution is 2.35. The van der Waals surface area contributed by atoms with E-state index in [0.717, 1.165) is 73.3 Å². The number of aromatic nitrogens is 1. The minimum Gasteiger partial charge on any atom is -0.497 e. The number of ether oxygens (including phenoxy) is 2. The maximum atomic E-state index is 11.4. The van der Waals surface area contributed by atoms with Crippen LogP contribution in [0.15, 0.2) is 54.7 Å². The summed E-state index contributed by atoms with van der Waals surface area (Å²) in [4.78, 5) is 18.3. The highest BCUT2D eigenvalue weighted by atomic mass is 16.5. The lowest BCUT2D eigenvalue weighted by Gasteiger charge is -2.39. The summed E-state index contributed by atoms with van der Waals surface area (Å²) in [5, 5.41) is 21.4. The van der Waals surface area contributed by atoms with Crippen molar-refractivity contribution in [3.63, 3.8) is 0 Å². The van der Waals surface area contributed by atoms with Crippen molar-refractivity contribution < 1.29 is 24.5 Å². The molecule has 0 bridgehead atoms. The minimum absolute atomic E-state index is 0.193. The van der Waals surface area contributed by atoms with E-state index < -0.39 is 12.1 Å². The van der Waals surface area contributed by atoms with Gasteiger partial charge >= 0.3 is 5.97 Å². The SMILES string of the molecule is COc1ccc(CCCN2CC[C@@H](CC[C@@H](O)c3ccnc4ccc(OC)cc34)[C@H](CCC(=O)O)C2)cc1. The fraction of sp³-hybridized carbons (Fsp3) is 0.484. The number of rotatable bonds is 13. The highest BCUT2D eigenvalue weighted by Gasteiger charge is 2.30. The molecule has 2 heterocycles. The molecule has 0 unspecified atom stereocenters. The van der Waals surface area contributed by atoms with Gasteiger partial charge in [0.25, 0.3) is 0 Å². The first-order valence-corrected chi connectivity index (χ1v) is 13.6. The standard InChI is InChI=1S/C31H40N2O5/c1-37-25-9-5-22(6-10-25)4-3-18-33-19-16-23(24(21-33)8-14-31(35)36)7-13-30(34)27-15-17-32-29-12-11-26(38-2)20-28(27)29/h5-6,9-12,15,17,20,23-24,30,34H,3-4,7-8,13-14,16,18-19,21H2,1-2H3,(H,35,36)/t23-,24-,30-/m1/s1. The maximum Gasteiger partial charge on any atom is 0.303 e. The van der Waals surface area contributed by atoms with Gasteiger partial charge in [-0.05, 0) is 111 Å². The molecule has 4 rings (SSSR count). The van der Waals surface area contributed by atoms with Crippen molar-refractivity contribution in [2.45, 2.75) is 51.0 Å². The molecule has 3 atom stereocenters. The van der Waals surface area contributed by atoms with Crippen LogP contribution < -0.4 is 9.47 Å². The van der Waals surface area contributed by atoms with E-state index in [-0.39, 0.29) is 6.42 Å². The normalized spacial score (nSPS) is 18.8. The summed E-state index contributed by atoms with van der Waals surface area (Å²) < 4.78 is 10.6. The molecule has 3 aromatic rings. The largest absolute Gasteiger partial charge is 0.497 e. The van der Waals surface area contributed by atoms with Crippen LogP contribution in [0.25, 0.3) is 10.9 Å². The predicted octanol–water partition coefficient (Wildman–Crippen LogP) is 5.50. The Morgan fingerprint density at radius 3 is 2.55 bits per heavy atom. The Morgan fingerprint density at radius 1 is 1.05 bits per heavy atom. The maximum absolute atomic E-state index is 11.4. The van der Waals surface area contributed by atoms with E-state index in [1.165, 1.54) is 5.56 Å². The van der Waals surface area contributed by atoms with Gasteiger partial charge in [-0.2, -0.15) is 0 Å². The van der Waals surface area contributed by atoms with Crippen molar-refractivity contribution in [2.24, 2.45) is 11.8 Å². The Labute approximate surface area is 225 Å². The first kappa shape index (κ1) is 27.9. The lowest BCUT2D eigenvalue weighted by molar-refractivity contribution is -0.137. The molecule has 2 aromatic carbocycles. The van der Waals surface area contributed by atoms with Crippen molar-refractivity contribution in [3.05, 3.63) is 65.9 Å². The number of aliphatic carboxylic acids is 1. The number of aryl methyl sites for hydroxylation is 1. The van der Waals surface area contributed by atoms with Crippen molar-refractivity contribution in [3.8, 4) is 11.5 Å². The summed E-state index contributed by atoms with van der Waals surface area (Å²) in [6.45, 7) is 2.95. The molecule has 1 aromatic heterocycles. The summed E-state index contributed by atoms with van der Waals surface area (Å²) >= 11 is 0. The number of carboxylic acids is 1. The van der Waals surface area contributed by atoms with Gasteiger partial charge in [0.15, 0.2) is 0 Å². The predicted molar refractivity (Wildman–Crippen MR) is 149 cm³/mol. The summed E-state index contributed by atoms with van der Waals surface area (Å²) in [5.74, 6) is 1.61. The average Bonchev–Trinajstić information content (AvgIpc) is 2.95. The molecular weight excluding hydrogens is 480 g/mol. The van der Waals surface area contributed by atoms with E-state index in [1.807, 2.05) is 36.4 Å². The highest BCUT2D eigenvalue weighted by molar-refractivity contribution is 5.83. The Kier molecular flexibility index (Phi) is 9.96. The van der Waals surface area contributed by atoms with E-state index in [9.17, 15) is 15.0 Å². The van der Waals surface area contributed by atoms with E-state index in [4.69, 9.17) is 9.47 Å². The third kappa shape index (κ3) is 7.45. The molecule has 0 aliphatic carbocycles. The zero-order valence-corrected chi connectivity index (χ0v) is 22.5. The number of fused-ring (bicyclic) bond motifs is 1. The van der Waals surface area contributed by atoms with Crippen LogP contribution in [0.2, 0.25) is 0 Å². The molecular formula is C31H40N2O5. The van der Waals surface area contributed by atoms with Crippen LogP contribution in [0, 0.1) is 11.8 Å². The molecule has 1 saturated heterocycles. The van der Waals surface area contributed by atoms with E-state index >= 15 is 0 Å². The number of methoxy groups -OCH3 is 2. The van der Waals surface area contributed by atoms with Gasteiger partial charge in [-0.3, -0.25) is 9.78 Å². The monoisotopic (exact) mass is 520 g/mol. The first-order chi connectivity index (χ1) is 18.5. The van der Waals surface area contributed by atoms with Crippen LogP contribution in [-0.2, 0) is 11.2 Å². The van der Waals surface area contributed by atoms with Gasteiger partial charge in [0.1, 0.15) is 11.5 Å². The minimum atomic E-state index is -0.738. The van der Waals surface area contributed by atoms with Crippen molar-refractivity contribution in [1.29, 1.82) is 0 Å². The number of benzene rings is 2. The summed E-state index contributed by atoms with van der Waals surface area (Å²) in [6, 6.07) is 15.9. The van der Waals surface area contributed by atoms with Gasteiger partial charge in [0.2, 0.25) is 0 Å². The molecule has 0 spiro atoms. The van der Waals surface area contributed by atoms with Crippen LogP contribution in [0.5, 0.6) is 11.5 Å². The fourth-order valence-electron chi connectivity index (χ4n) is 5.77. The smallest absolute Gasteiger partial charge is 0.303 e. The van der Waals surface area contributed by atoms with E-state index in [1.54, 1.807) is 20.4 Å². The second-order valence-corrected chi connectivity index (χ2v) is 10.4. The Balaban J connectivity index is 1.33.